The second-order valence-electron chi connectivity index (χ2n) is 8.88. The highest BCUT2D eigenvalue weighted by atomic mass is 32.2. The molecule has 148 valence electrons. The number of carbonyl (C=O) groups excluding carboxylic acids is 1. The minimum atomic E-state index is -3.88. The Hall–Kier alpha value is -1.60. The Balaban J connectivity index is 1.57. The van der Waals surface area contributed by atoms with Crippen LogP contribution in [0.25, 0.3) is 0 Å². The van der Waals surface area contributed by atoms with Gasteiger partial charge < -0.3 is 10.1 Å². The number of primary sulfonamides is 1. The molecule has 0 aromatic heterocycles. The van der Waals surface area contributed by atoms with E-state index in [0.29, 0.717) is 5.75 Å². The van der Waals surface area contributed by atoms with Crippen molar-refractivity contribution < 1.29 is 17.9 Å². The number of rotatable bonds is 5. The molecule has 5 rings (SSSR count). The van der Waals surface area contributed by atoms with E-state index in [9.17, 15) is 13.2 Å². The van der Waals surface area contributed by atoms with Crippen molar-refractivity contribution in [1.82, 2.24) is 5.32 Å². The van der Waals surface area contributed by atoms with Gasteiger partial charge in [-0.25, -0.2) is 13.6 Å². The maximum Gasteiger partial charge on any atom is 0.255 e. The largest absolute Gasteiger partial charge is 0.496 e. The Labute approximate surface area is 160 Å². The van der Waals surface area contributed by atoms with E-state index in [0.717, 1.165) is 17.8 Å². The second kappa shape index (κ2) is 6.48. The van der Waals surface area contributed by atoms with Gasteiger partial charge in [-0.2, -0.15) is 0 Å². The molecule has 3 N–H and O–H groups in total. The van der Waals surface area contributed by atoms with E-state index in [1.807, 2.05) is 0 Å². The number of benzene rings is 1. The predicted molar refractivity (Wildman–Crippen MR) is 102 cm³/mol. The summed E-state index contributed by atoms with van der Waals surface area (Å²) in [6.45, 7) is 2.10. The van der Waals surface area contributed by atoms with Crippen LogP contribution in [-0.4, -0.2) is 27.5 Å². The Morgan fingerprint density at radius 1 is 1.19 bits per heavy atom. The van der Waals surface area contributed by atoms with Crippen LogP contribution in [0.2, 0.25) is 0 Å². The highest BCUT2D eigenvalue weighted by Gasteiger charge is 2.53. The molecule has 7 heteroatoms. The van der Waals surface area contributed by atoms with Crippen LogP contribution < -0.4 is 15.2 Å². The van der Waals surface area contributed by atoms with Gasteiger partial charge in [-0.1, -0.05) is 0 Å². The van der Waals surface area contributed by atoms with Crippen LogP contribution in [0.1, 0.15) is 55.8 Å². The first-order valence-electron chi connectivity index (χ1n) is 9.72. The lowest BCUT2D eigenvalue weighted by molar-refractivity contribution is -0.0688. The third kappa shape index (κ3) is 3.36. The Morgan fingerprint density at radius 3 is 2.22 bits per heavy atom. The maximum absolute atomic E-state index is 13.0. The molecule has 1 aromatic carbocycles. The Bertz CT molecular complexity index is 829. The zero-order valence-electron chi connectivity index (χ0n) is 15.9. The molecule has 4 bridgehead atoms. The summed E-state index contributed by atoms with van der Waals surface area (Å²) in [5.74, 6) is 2.45. The average Bonchev–Trinajstić information content (AvgIpc) is 2.59. The number of carbonyl (C=O) groups is 1. The topological polar surface area (TPSA) is 98.5 Å². The lowest BCUT2D eigenvalue weighted by Gasteiger charge is -2.59. The molecule has 4 fully saturated rings. The first-order chi connectivity index (χ1) is 12.7. The van der Waals surface area contributed by atoms with Gasteiger partial charge in [0.1, 0.15) is 5.75 Å². The van der Waals surface area contributed by atoms with E-state index in [2.05, 4.69) is 12.2 Å². The summed E-state index contributed by atoms with van der Waals surface area (Å²) in [7, 11) is -2.42. The lowest BCUT2D eigenvalue weighted by Crippen LogP contribution is -2.55. The smallest absolute Gasteiger partial charge is 0.255 e. The molecule has 0 saturated heterocycles. The molecule has 0 spiro atoms. The van der Waals surface area contributed by atoms with Crippen molar-refractivity contribution in [2.75, 3.05) is 7.11 Å². The molecule has 27 heavy (non-hydrogen) atoms. The van der Waals surface area contributed by atoms with Crippen LogP contribution in [0.3, 0.4) is 0 Å². The summed E-state index contributed by atoms with van der Waals surface area (Å²) >= 11 is 0. The molecule has 1 amide bonds. The third-order valence-corrected chi connectivity index (χ3v) is 8.01. The van der Waals surface area contributed by atoms with Crippen LogP contribution in [0, 0.1) is 23.2 Å². The highest BCUT2D eigenvalue weighted by molar-refractivity contribution is 7.89. The number of nitrogens with two attached hydrogens (primary N) is 1. The van der Waals surface area contributed by atoms with E-state index < -0.39 is 10.0 Å². The standard InChI is InChI=1S/C20H28N2O4S/c1-12(20-9-13-5-14(10-20)7-15(6-13)11-20)22-19(23)17-8-16(27(21,24)25)3-4-18(17)26-2/h3-4,8,12-15H,5-7,9-11H2,1-2H3,(H,22,23)(H2,21,24,25). The van der Waals surface area contributed by atoms with Gasteiger partial charge in [-0.05, 0) is 86.8 Å². The minimum absolute atomic E-state index is 0.0428. The first-order valence-corrected chi connectivity index (χ1v) is 11.3. The second-order valence-corrected chi connectivity index (χ2v) is 10.4. The third-order valence-electron chi connectivity index (χ3n) is 7.10. The molecule has 1 unspecified atom stereocenters. The maximum atomic E-state index is 13.0. The van der Waals surface area contributed by atoms with Crippen molar-refractivity contribution in [3.63, 3.8) is 0 Å². The molecule has 0 heterocycles. The minimum Gasteiger partial charge on any atom is -0.496 e. The van der Waals surface area contributed by atoms with Crippen molar-refractivity contribution in [3.05, 3.63) is 23.8 Å². The number of sulfonamides is 1. The van der Waals surface area contributed by atoms with Crippen molar-refractivity contribution in [2.45, 2.75) is 56.4 Å². The Morgan fingerprint density at radius 2 is 1.74 bits per heavy atom. The van der Waals surface area contributed by atoms with Crippen molar-refractivity contribution >= 4 is 15.9 Å². The van der Waals surface area contributed by atoms with E-state index in [1.165, 1.54) is 63.8 Å². The van der Waals surface area contributed by atoms with Crippen LogP contribution >= 0.6 is 0 Å². The fraction of sp³-hybridized carbons (Fsp3) is 0.650. The van der Waals surface area contributed by atoms with Gasteiger partial charge in [0.25, 0.3) is 5.91 Å². The molecular weight excluding hydrogens is 364 g/mol. The monoisotopic (exact) mass is 392 g/mol. The van der Waals surface area contributed by atoms with Gasteiger partial charge in [0.15, 0.2) is 0 Å². The molecular formula is C20H28N2O4S. The fourth-order valence-electron chi connectivity index (χ4n) is 6.18. The van der Waals surface area contributed by atoms with Crippen LogP contribution in [0.5, 0.6) is 5.75 Å². The zero-order valence-corrected chi connectivity index (χ0v) is 16.7. The van der Waals surface area contributed by atoms with Gasteiger partial charge >= 0.3 is 0 Å². The van der Waals surface area contributed by atoms with Crippen molar-refractivity contribution in [1.29, 1.82) is 0 Å². The van der Waals surface area contributed by atoms with Crippen molar-refractivity contribution in [2.24, 2.45) is 28.3 Å². The number of ether oxygens (including phenoxy) is 1. The van der Waals surface area contributed by atoms with Gasteiger partial charge in [0, 0.05) is 6.04 Å². The van der Waals surface area contributed by atoms with Crippen LogP contribution in [0.4, 0.5) is 0 Å². The van der Waals surface area contributed by atoms with E-state index in [4.69, 9.17) is 9.88 Å². The molecule has 6 nitrogen and oxygen atoms in total. The van der Waals surface area contributed by atoms with E-state index in [1.54, 1.807) is 0 Å². The van der Waals surface area contributed by atoms with Gasteiger partial charge in [0.05, 0.1) is 17.6 Å². The van der Waals surface area contributed by atoms with Crippen LogP contribution in [-0.2, 0) is 10.0 Å². The SMILES string of the molecule is COc1ccc(S(N)(=O)=O)cc1C(=O)NC(C)C12CC3CC(CC(C3)C1)C2. The van der Waals surface area contributed by atoms with Crippen LogP contribution in [0.15, 0.2) is 23.1 Å². The lowest BCUT2D eigenvalue weighted by atomic mass is 9.48. The molecule has 1 aromatic rings. The summed E-state index contributed by atoms with van der Waals surface area (Å²) in [5, 5.41) is 8.37. The Kier molecular flexibility index (Phi) is 4.50. The number of hydrogen-bond acceptors (Lipinski definition) is 4. The highest BCUT2D eigenvalue weighted by Crippen LogP contribution is 2.61. The summed E-state index contributed by atoms with van der Waals surface area (Å²) in [6.07, 6.45) is 7.62. The molecule has 4 aliphatic carbocycles. The quantitative estimate of drug-likeness (QED) is 0.805. The summed E-state index contributed by atoms with van der Waals surface area (Å²) < 4.78 is 28.6. The zero-order chi connectivity index (χ0) is 19.4. The van der Waals surface area contributed by atoms with Crippen molar-refractivity contribution in [3.8, 4) is 5.75 Å². The number of nitrogens with one attached hydrogen (secondary N) is 1. The summed E-state index contributed by atoms with van der Waals surface area (Å²) in [4.78, 5) is 12.9. The van der Waals surface area contributed by atoms with E-state index in [-0.39, 0.29) is 27.8 Å². The normalized spacial score (nSPS) is 32.9. The predicted octanol–water partition coefficient (Wildman–Crippen LogP) is 2.68. The first kappa shape index (κ1) is 18.7. The molecule has 1 atom stereocenters. The summed E-state index contributed by atoms with van der Waals surface area (Å²) in [5.41, 5.74) is 0.385. The molecule has 0 aliphatic heterocycles. The molecule has 4 saturated carbocycles. The fourth-order valence-corrected chi connectivity index (χ4v) is 6.72. The van der Waals surface area contributed by atoms with E-state index >= 15 is 0 Å². The van der Waals surface area contributed by atoms with Gasteiger partial charge in [-0.3, -0.25) is 4.79 Å². The molecule has 4 aliphatic rings. The number of hydrogen-bond donors (Lipinski definition) is 2. The average molecular weight is 393 g/mol. The number of methoxy groups -OCH3 is 1. The van der Waals surface area contributed by atoms with Gasteiger partial charge in [0.2, 0.25) is 10.0 Å². The van der Waals surface area contributed by atoms with Gasteiger partial charge in [-0.15, -0.1) is 0 Å². The number of amides is 1. The molecule has 0 radical (unpaired) electrons. The summed E-state index contributed by atoms with van der Waals surface area (Å²) in [6, 6.07) is 4.18.